The summed E-state index contributed by atoms with van der Waals surface area (Å²) >= 11 is 0. The Morgan fingerprint density at radius 1 is 0.962 bits per heavy atom. The van der Waals surface area contributed by atoms with E-state index >= 15 is 0 Å². The van der Waals surface area contributed by atoms with Gasteiger partial charge in [0.15, 0.2) is 0 Å². The van der Waals surface area contributed by atoms with E-state index in [2.05, 4.69) is 75.0 Å². The van der Waals surface area contributed by atoms with Gasteiger partial charge in [-0.1, -0.05) is 85.0 Å². The zero-order valence-corrected chi connectivity index (χ0v) is 19.7. The Labute approximate surface area is 166 Å². The lowest BCUT2D eigenvalue weighted by Crippen LogP contribution is -2.26. The van der Waals surface area contributed by atoms with E-state index in [1.807, 2.05) is 0 Å². The zero-order chi connectivity index (χ0) is 20.3. The fraction of sp³-hybridized carbons (Fsp3) is 0.846. The van der Waals surface area contributed by atoms with Crippen molar-refractivity contribution < 1.29 is 0 Å². The van der Waals surface area contributed by atoms with E-state index in [1.165, 1.54) is 50.5 Å². The molecule has 5 unspecified atom stereocenters. The first-order chi connectivity index (χ1) is 12.1. The Balaban J connectivity index is 5.32. The molecule has 0 amide bonds. The van der Waals surface area contributed by atoms with Crippen LogP contribution in [0.5, 0.6) is 0 Å². The van der Waals surface area contributed by atoms with Crippen molar-refractivity contribution in [1.29, 1.82) is 0 Å². The number of unbranched alkanes of at least 4 members (excludes halogenated alkanes) is 1. The molecule has 0 nitrogen and oxygen atoms in total. The lowest BCUT2D eigenvalue weighted by atomic mass is 9.71. The normalized spacial score (nSPS) is 18.5. The van der Waals surface area contributed by atoms with Crippen LogP contribution >= 0.6 is 0 Å². The molecule has 0 spiro atoms. The Bertz CT molecular complexity index is 400. The smallest absolute Gasteiger partial charge is 0.0228 e. The van der Waals surface area contributed by atoms with Gasteiger partial charge in [-0.05, 0) is 75.0 Å². The van der Waals surface area contributed by atoms with Gasteiger partial charge in [0.25, 0.3) is 0 Å². The van der Waals surface area contributed by atoms with Gasteiger partial charge in [-0.2, -0.15) is 0 Å². The summed E-state index contributed by atoms with van der Waals surface area (Å²) in [5.74, 6) is 4.58. The summed E-state index contributed by atoms with van der Waals surface area (Å²) in [6, 6.07) is 0. The van der Waals surface area contributed by atoms with Gasteiger partial charge in [-0.15, -0.1) is 6.58 Å². The van der Waals surface area contributed by atoms with E-state index in [0.29, 0.717) is 11.8 Å². The molecule has 0 aromatic carbocycles. The van der Waals surface area contributed by atoms with Gasteiger partial charge in [0.05, 0.1) is 0 Å². The molecule has 0 aliphatic rings. The van der Waals surface area contributed by atoms with Crippen LogP contribution in [0, 0.1) is 35.5 Å². The van der Waals surface area contributed by atoms with Crippen molar-refractivity contribution in [3.8, 4) is 0 Å². The maximum Gasteiger partial charge on any atom is -0.0228 e. The molecule has 26 heavy (non-hydrogen) atoms. The third kappa shape index (κ3) is 9.98. The first-order valence-corrected chi connectivity index (χ1v) is 11.5. The van der Waals surface area contributed by atoms with Crippen LogP contribution in [0.25, 0.3) is 0 Å². The summed E-state index contributed by atoms with van der Waals surface area (Å²) in [5, 5.41) is 0. The highest BCUT2D eigenvalue weighted by atomic mass is 14.3. The Kier molecular flexibility index (Phi) is 13.3. The molecule has 0 fully saturated rings. The van der Waals surface area contributed by atoms with E-state index in [1.54, 1.807) is 5.57 Å². The second-order valence-corrected chi connectivity index (χ2v) is 9.59. The van der Waals surface area contributed by atoms with E-state index in [-0.39, 0.29) is 0 Å². The first kappa shape index (κ1) is 25.5. The van der Waals surface area contributed by atoms with Crippen molar-refractivity contribution in [2.45, 2.75) is 107 Å². The average Bonchev–Trinajstić information content (AvgIpc) is 2.59. The molecular formula is C26H50. The predicted octanol–water partition coefficient (Wildman–Crippen LogP) is 9.08. The number of hydrogen-bond donors (Lipinski definition) is 0. The molecule has 0 heteroatoms. The van der Waals surface area contributed by atoms with Crippen LogP contribution in [0.1, 0.15) is 107 Å². The van der Waals surface area contributed by atoms with Crippen molar-refractivity contribution in [3.63, 3.8) is 0 Å². The maximum atomic E-state index is 4.14. The van der Waals surface area contributed by atoms with Crippen molar-refractivity contribution >= 4 is 0 Å². The highest BCUT2D eigenvalue weighted by Crippen LogP contribution is 2.37. The molecule has 0 bridgehead atoms. The standard InChI is InChI=1S/C26H50/c1-11-13-14-25(16-15-19(3)4)18-26(24(10)20(5)6)23(9)17-22(8)21(7)12-2/h17,20-21,23-26H,3,11-16,18H2,1-2,4-10H3. The second kappa shape index (κ2) is 13.6. The monoisotopic (exact) mass is 362 g/mol. The first-order valence-electron chi connectivity index (χ1n) is 11.5. The van der Waals surface area contributed by atoms with Gasteiger partial charge in [0, 0.05) is 0 Å². The summed E-state index contributed by atoms with van der Waals surface area (Å²) < 4.78 is 0. The molecule has 0 aromatic heterocycles. The van der Waals surface area contributed by atoms with Crippen LogP contribution in [0.2, 0.25) is 0 Å². The van der Waals surface area contributed by atoms with Gasteiger partial charge in [0.2, 0.25) is 0 Å². The third-order valence-electron chi connectivity index (χ3n) is 6.87. The predicted molar refractivity (Wildman–Crippen MR) is 122 cm³/mol. The van der Waals surface area contributed by atoms with Crippen LogP contribution in [-0.2, 0) is 0 Å². The summed E-state index contributed by atoms with van der Waals surface area (Å²) in [5.41, 5.74) is 2.94. The van der Waals surface area contributed by atoms with Crippen molar-refractivity contribution in [1.82, 2.24) is 0 Å². The molecule has 154 valence electrons. The van der Waals surface area contributed by atoms with Gasteiger partial charge in [0.1, 0.15) is 0 Å². The number of allylic oxidation sites excluding steroid dienone is 3. The summed E-state index contributed by atoms with van der Waals surface area (Å²) in [4.78, 5) is 0. The Hall–Kier alpha value is -0.520. The lowest BCUT2D eigenvalue weighted by molar-refractivity contribution is 0.178. The summed E-state index contributed by atoms with van der Waals surface area (Å²) in [7, 11) is 0. The highest BCUT2D eigenvalue weighted by molar-refractivity contribution is 5.05. The van der Waals surface area contributed by atoms with Crippen LogP contribution < -0.4 is 0 Å². The molecular weight excluding hydrogens is 312 g/mol. The highest BCUT2D eigenvalue weighted by Gasteiger charge is 2.27. The molecule has 0 saturated heterocycles. The van der Waals surface area contributed by atoms with Crippen LogP contribution in [-0.4, -0.2) is 0 Å². The third-order valence-corrected chi connectivity index (χ3v) is 6.87. The van der Waals surface area contributed by atoms with E-state index in [9.17, 15) is 0 Å². The minimum atomic E-state index is 0.676. The molecule has 0 aliphatic heterocycles. The Morgan fingerprint density at radius 2 is 1.58 bits per heavy atom. The van der Waals surface area contributed by atoms with Gasteiger partial charge < -0.3 is 0 Å². The lowest BCUT2D eigenvalue weighted by Gasteiger charge is -2.34. The largest absolute Gasteiger partial charge is 0.100 e. The zero-order valence-electron chi connectivity index (χ0n) is 19.7. The second-order valence-electron chi connectivity index (χ2n) is 9.59. The van der Waals surface area contributed by atoms with Crippen molar-refractivity contribution in [2.24, 2.45) is 35.5 Å². The molecule has 0 aromatic rings. The molecule has 0 N–H and O–H groups in total. The quantitative estimate of drug-likeness (QED) is 0.270. The molecule has 0 radical (unpaired) electrons. The minimum absolute atomic E-state index is 0.676. The van der Waals surface area contributed by atoms with E-state index in [0.717, 1.165) is 23.7 Å². The van der Waals surface area contributed by atoms with E-state index in [4.69, 9.17) is 0 Å². The molecule has 0 aliphatic carbocycles. The molecule has 0 rings (SSSR count). The van der Waals surface area contributed by atoms with Crippen molar-refractivity contribution in [3.05, 3.63) is 23.8 Å². The number of hydrogen-bond acceptors (Lipinski definition) is 0. The Morgan fingerprint density at radius 3 is 2.04 bits per heavy atom. The molecule has 5 atom stereocenters. The van der Waals surface area contributed by atoms with Crippen LogP contribution in [0.4, 0.5) is 0 Å². The van der Waals surface area contributed by atoms with Gasteiger partial charge >= 0.3 is 0 Å². The fourth-order valence-electron chi connectivity index (χ4n) is 4.14. The maximum absolute atomic E-state index is 4.14. The van der Waals surface area contributed by atoms with Gasteiger partial charge in [-0.25, -0.2) is 0 Å². The summed E-state index contributed by atoms with van der Waals surface area (Å²) in [6.45, 7) is 25.5. The summed E-state index contributed by atoms with van der Waals surface area (Å²) in [6.07, 6.45) is 11.9. The topological polar surface area (TPSA) is 0 Å². The number of rotatable bonds is 14. The SMILES string of the molecule is C=C(C)CCC(CCCC)CC(C(C)C=C(C)C(C)CC)C(C)C(C)C. The minimum Gasteiger partial charge on any atom is -0.100 e. The van der Waals surface area contributed by atoms with Crippen LogP contribution in [0.15, 0.2) is 23.8 Å². The van der Waals surface area contributed by atoms with E-state index < -0.39 is 0 Å². The average molecular weight is 363 g/mol. The van der Waals surface area contributed by atoms with Crippen molar-refractivity contribution in [2.75, 3.05) is 0 Å². The molecule has 0 saturated carbocycles. The fourth-order valence-corrected chi connectivity index (χ4v) is 4.14. The van der Waals surface area contributed by atoms with Gasteiger partial charge in [-0.3, -0.25) is 0 Å². The molecule has 0 heterocycles. The van der Waals surface area contributed by atoms with Crippen LogP contribution in [0.3, 0.4) is 0 Å².